The van der Waals surface area contributed by atoms with Crippen LogP contribution in [0.2, 0.25) is 0 Å². The maximum Gasteiger partial charge on any atom is 0.323 e. The number of hydrogen-bond donors (Lipinski definition) is 0. The molecular formula is C22H17NO3. The Hall–Kier alpha value is -3.40. The lowest BCUT2D eigenvalue weighted by Crippen LogP contribution is -2.20. The highest BCUT2D eigenvalue weighted by Gasteiger charge is 2.25. The van der Waals surface area contributed by atoms with Gasteiger partial charge in [-0.05, 0) is 23.3 Å². The number of aromatic nitrogens is 1. The van der Waals surface area contributed by atoms with E-state index in [1.807, 2.05) is 60.7 Å². The minimum Gasteiger partial charge on any atom is -0.441 e. The van der Waals surface area contributed by atoms with Crippen LogP contribution in [0.4, 0.5) is 0 Å². The van der Waals surface area contributed by atoms with Crippen LogP contribution in [0.5, 0.6) is 5.75 Å². The van der Waals surface area contributed by atoms with Gasteiger partial charge in [-0.15, -0.1) is 0 Å². The van der Waals surface area contributed by atoms with E-state index < -0.39 is 5.92 Å². The number of benzene rings is 3. The van der Waals surface area contributed by atoms with Crippen LogP contribution in [0.15, 0.2) is 83.3 Å². The van der Waals surface area contributed by atoms with E-state index in [1.165, 1.54) is 0 Å². The Balaban J connectivity index is 1.67. The summed E-state index contributed by atoms with van der Waals surface area (Å²) < 4.78 is 11.2. The summed E-state index contributed by atoms with van der Waals surface area (Å²) in [5.41, 5.74) is 3.12. The van der Waals surface area contributed by atoms with Gasteiger partial charge < -0.3 is 9.15 Å². The standard InChI is InChI=1S/C22H17NO3/c1-15-23-19-13-12-18(14-20(19)25-15)26-22(24)21(16-8-4-2-5-9-16)17-10-6-3-7-11-17/h2-14,21H,1H3. The van der Waals surface area contributed by atoms with Crippen molar-refractivity contribution in [3.63, 3.8) is 0 Å². The Morgan fingerprint density at radius 1 is 0.923 bits per heavy atom. The van der Waals surface area contributed by atoms with Crippen LogP contribution in [0, 0.1) is 6.92 Å². The molecule has 0 radical (unpaired) electrons. The van der Waals surface area contributed by atoms with Gasteiger partial charge in [0.05, 0.1) is 0 Å². The highest BCUT2D eigenvalue weighted by atomic mass is 16.5. The number of nitrogens with zero attached hydrogens (tertiary/aromatic N) is 1. The summed E-state index contributed by atoms with van der Waals surface area (Å²) in [6.45, 7) is 1.78. The van der Waals surface area contributed by atoms with E-state index in [9.17, 15) is 4.79 Å². The van der Waals surface area contributed by atoms with Gasteiger partial charge in [0.2, 0.25) is 0 Å². The zero-order chi connectivity index (χ0) is 17.9. The number of hydrogen-bond acceptors (Lipinski definition) is 4. The SMILES string of the molecule is Cc1nc2ccc(OC(=O)C(c3ccccc3)c3ccccc3)cc2o1. The minimum atomic E-state index is -0.496. The third kappa shape index (κ3) is 3.22. The number of ether oxygens (including phenoxy) is 1. The number of aryl methyl sites for hydroxylation is 1. The normalized spacial score (nSPS) is 11.0. The third-order valence-corrected chi connectivity index (χ3v) is 4.19. The summed E-state index contributed by atoms with van der Waals surface area (Å²) in [7, 11) is 0. The molecule has 0 spiro atoms. The second-order valence-corrected chi connectivity index (χ2v) is 6.04. The monoisotopic (exact) mass is 343 g/mol. The Bertz CT molecular complexity index is 999. The summed E-state index contributed by atoms with van der Waals surface area (Å²) >= 11 is 0. The molecule has 4 rings (SSSR count). The van der Waals surface area contributed by atoms with E-state index in [4.69, 9.17) is 9.15 Å². The van der Waals surface area contributed by atoms with Crippen LogP contribution in [0.3, 0.4) is 0 Å². The van der Waals surface area contributed by atoms with Crippen molar-refractivity contribution in [3.05, 3.63) is 95.9 Å². The van der Waals surface area contributed by atoms with Crippen LogP contribution in [0.1, 0.15) is 22.9 Å². The second-order valence-electron chi connectivity index (χ2n) is 6.04. The molecule has 0 atom stereocenters. The van der Waals surface area contributed by atoms with Crippen molar-refractivity contribution >= 4 is 17.1 Å². The Kier molecular flexibility index (Phi) is 4.23. The molecule has 0 saturated carbocycles. The maximum absolute atomic E-state index is 13.0. The lowest BCUT2D eigenvalue weighted by atomic mass is 9.91. The number of rotatable bonds is 4. The quantitative estimate of drug-likeness (QED) is 0.392. The van der Waals surface area contributed by atoms with Crippen LogP contribution in [-0.2, 0) is 4.79 Å². The molecule has 0 bridgehead atoms. The van der Waals surface area contributed by atoms with E-state index in [0.717, 1.165) is 16.6 Å². The molecule has 4 aromatic rings. The van der Waals surface area contributed by atoms with Crippen molar-refractivity contribution in [3.8, 4) is 5.75 Å². The zero-order valence-electron chi connectivity index (χ0n) is 14.3. The molecule has 0 saturated heterocycles. The third-order valence-electron chi connectivity index (χ3n) is 4.19. The van der Waals surface area contributed by atoms with Gasteiger partial charge in [-0.25, -0.2) is 4.98 Å². The molecule has 0 unspecified atom stereocenters. The molecule has 0 aliphatic carbocycles. The fourth-order valence-corrected chi connectivity index (χ4v) is 3.01. The molecule has 3 aromatic carbocycles. The second kappa shape index (κ2) is 6.84. The topological polar surface area (TPSA) is 52.3 Å². The highest BCUT2D eigenvalue weighted by Crippen LogP contribution is 2.28. The number of fused-ring (bicyclic) bond motifs is 1. The molecular weight excluding hydrogens is 326 g/mol. The minimum absolute atomic E-state index is 0.335. The van der Waals surface area contributed by atoms with Crippen LogP contribution < -0.4 is 4.74 Å². The van der Waals surface area contributed by atoms with Crippen molar-refractivity contribution in [1.82, 2.24) is 4.98 Å². The summed E-state index contributed by atoms with van der Waals surface area (Å²) in [6, 6.07) is 24.5. The van der Waals surface area contributed by atoms with Crippen molar-refractivity contribution < 1.29 is 13.9 Å². The van der Waals surface area contributed by atoms with Gasteiger partial charge in [0.1, 0.15) is 17.2 Å². The van der Waals surface area contributed by atoms with Gasteiger partial charge in [-0.1, -0.05) is 60.7 Å². The maximum atomic E-state index is 13.0. The summed E-state index contributed by atoms with van der Waals surface area (Å²) in [6.07, 6.45) is 0. The van der Waals surface area contributed by atoms with E-state index in [1.54, 1.807) is 25.1 Å². The van der Waals surface area contributed by atoms with E-state index >= 15 is 0 Å². The van der Waals surface area contributed by atoms with Gasteiger partial charge in [-0.2, -0.15) is 0 Å². The van der Waals surface area contributed by atoms with E-state index in [0.29, 0.717) is 17.2 Å². The molecule has 0 aliphatic heterocycles. The first-order chi connectivity index (χ1) is 12.7. The predicted octanol–water partition coefficient (Wildman–Crippen LogP) is 4.87. The zero-order valence-corrected chi connectivity index (χ0v) is 14.3. The van der Waals surface area contributed by atoms with Gasteiger partial charge in [0.15, 0.2) is 11.5 Å². The predicted molar refractivity (Wildman–Crippen MR) is 99.1 cm³/mol. The molecule has 0 fully saturated rings. The lowest BCUT2D eigenvalue weighted by Gasteiger charge is -2.16. The average molecular weight is 343 g/mol. The number of carbonyl (C=O) groups is 1. The van der Waals surface area contributed by atoms with Crippen molar-refractivity contribution in [2.75, 3.05) is 0 Å². The van der Waals surface area contributed by atoms with Crippen molar-refractivity contribution in [2.45, 2.75) is 12.8 Å². The molecule has 4 heteroatoms. The molecule has 128 valence electrons. The molecule has 4 nitrogen and oxygen atoms in total. The molecule has 0 N–H and O–H groups in total. The molecule has 0 aliphatic rings. The van der Waals surface area contributed by atoms with Gasteiger partial charge >= 0.3 is 5.97 Å². The summed E-state index contributed by atoms with van der Waals surface area (Å²) in [4.78, 5) is 17.2. The molecule has 26 heavy (non-hydrogen) atoms. The van der Waals surface area contributed by atoms with Crippen molar-refractivity contribution in [1.29, 1.82) is 0 Å². The van der Waals surface area contributed by atoms with Gasteiger partial charge in [0.25, 0.3) is 0 Å². The molecule has 1 heterocycles. The molecule has 0 amide bonds. The number of esters is 1. The lowest BCUT2D eigenvalue weighted by molar-refractivity contribution is -0.135. The Morgan fingerprint density at radius 3 is 2.15 bits per heavy atom. The van der Waals surface area contributed by atoms with E-state index in [-0.39, 0.29) is 5.97 Å². The first-order valence-corrected chi connectivity index (χ1v) is 8.39. The van der Waals surface area contributed by atoms with Gasteiger partial charge in [-0.3, -0.25) is 4.79 Å². The number of carbonyl (C=O) groups excluding carboxylic acids is 1. The van der Waals surface area contributed by atoms with Crippen molar-refractivity contribution in [2.24, 2.45) is 0 Å². The van der Waals surface area contributed by atoms with Gasteiger partial charge in [0, 0.05) is 13.0 Å². The largest absolute Gasteiger partial charge is 0.441 e. The number of oxazole rings is 1. The fraction of sp³-hybridized carbons (Fsp3) is 0.0909. The van der Waals surface area contributed by atoms with Crippen LogP contribution in [0.25, 0.3) is 11.1 Å². The van der Waals surface area contributed by atoms with E-state index in [2.05, 4.69) is 4.98 Å². The fourth-order valence-electron chi connectivity index (χ4n) is 3.01. The summed E-state index contributed by atoms with van der Waals surface area (Å²) in [5, 5.41) is 0. The highest BCUT2D eigenvalue weighted by molar-refractivity contribution is 5.85. The first-order valence-electron chi connectivity index (χ1n) is 8.39. The average Bonchev–Trinajstić information content (AvgIpc) is 3.03. The smallest absolute Gasteiger partial charge is 0.323 e. The summed E-state index contributed by atoms with van der Waals surface area (Å²) in [5.74, 6) is 0.188. The van der Waals surface area contributed by atoms with Crippen LogP contribution in [-0.4, -0.2) is 11.0 Å². The Morgan fingerprint density at radius 2 is 1.54 bits per heavy atom. The first kappa shape index (κ1) is 16.1. The Labute approximate surface area is 151 Å². The van der Waals surface area contributed by atoms with Crippen LogP contribution >= 0.6 is 0 Å². The molecule has 1 aromatic heterocycles.